The number of hydrogen-bond donors (Lipinski definition) is 4. The Bertz CT molecular complexity index is 960. The van der Waals surface area contributed by atoms with E-state index in [1.165, 1.54) is 0 Å². The number of carbonyl (C=O) groups is 2. The average Bonchev–Trinajstić information content (AvgIpc) is 3.14. The van der Waals surface area contributed by atoms with Crippen LogP contribution in [0.4, 0.5) is 0 Å². The second-order valence-electron chi connectivity index (χ2n) is 8.42. The van der Waals surface area contributed by atoms with E-state index in [1.807, 2.05) is 0 Å². The van der Waals surface area contributed by atoms with E-state index in [9.17, 15) is 30.0 Å². The number of hydrazone groups is 1. The third-order valence-corrected chi connectivity index (χ3v) is 6.88. The molecule has 0 radical (unpaired) electrons. The number of carboxylic acids is 1. The van der Waals surface area contributed by atoms with Crippen molar-refractivity contribution >= 4 is 40.9 Å². The molecular weight excluding hydrogens is 479 g/mol. The Morgan fingerprint density at radius 3 is 2.55 bits per heavy atom. The molecule has 1 aromatic rings. The first-order chi connectivity index (χ1) is 15.7. The van der Waals surface area contributed by atoms with Crippen LogP contribution < -0.4 is 0 Å². The molecule has 0 aromatic heterocycles. The maximum absolute atomic E-state index is 13.0. The summed E-state index contributed by atoms with van der Waals surface area (Å²) in [5, 5.41) is 46.3. The van der Waals surface area contributed by atoms with Crippen LogP contribution in [0.25, 0.3) is 0 Å². The molecular formula is C21H24Cl2N2O8. The number of aliphatic hydroxyl groups is 3. The molecule has 1 aromatic carbocycles. The number of esters is 1. The number of benzene rings is 1. The van der Waals surface area contributed by atoms with Gasteiger partial charge < -0.3 is 29.9 Å². The van der Waals surface area contributed by atoms with Gasteiger partial charge in [-0.2, -0.15) is 5.10 Å². The number of nitrogens with zero attached hydrogens (tertiary/aromatic N) is 2. The van der Waals surface area contributed by atoms with Gasteiger partial charge in [0, 0.05) is 16.0 Å². The molecule has 33 heavy (non-hydrogen) atoms. The number of carbonyl (C=O) groups excluding carboxylic acids is 1. The van der Waals surface area contributed by atoms with Crippen LogP contribution in [-0.2, 0) is 25.6 Å². The van der Waals surface area contributed by atoms with Gasteiger partial charge in [0.1, 0.15) is 18.3 Å². The van der Waals surface area contributed by atoms with Crippen LogP contribution in [0.5, 0.6) is 0 Å². The molecule has 0 spiro atoms. The van der Waals surface area contributed by atoms with Gasteiger partial charge in [-0.15, -0.1) is 0 Å². The molecule has 3 unspecified atom stereocenters. The highest BCUT2D eigenvalue weighted by atomic mass is 35.5. The summed E-state index contributed by atoms with van der Waals surface area (Å²) < 4.78 is 10.3. The monoisotopic (exact) mass is 502 g/mol. The molecule has 2 heterocycles. The lowest BCUT2D eigenvalue weighted by Crippen LogP contribution is -2.60. The fourth-order valence-electron chi connectivity index (χ4n) is 4.56. The van der Waals surface area contributed by atoms with Crippen LogP contribution in [0.3, 0.4) is 0 Å². The van der Waals surface area contributed by atoms with Gasteiger partial charge in [0.15, 0.2) is 11.8 Å². The van der Waals surface area contributed by atoms with Crippen LogP contribution in [-0.4, -0.2) is 79.8 Å². The average molecular weight is 503 g/mol. The minimum atomic E-state index is -1.88. The topological polar surface area (TPSA) is 149 Å². The highest BCUT2D eigenvalue weighted by Crippen LogP contribution is 2.37. The van der Waals surface area contributed by atoms with E-state index >= 15 is 0 Å². The molecule has 1 aliphatic carbocycles. The predicted molar refractivity (Wildman–Crippen MR) is 116 cm³/mol. The van der Waals surface area contributed by atoms with Gasteiger partial charge in [0.2, 0.25) is 6.29 Å². The second kappa shape index (κ2) is 9.73. The molecule has 1 saturated carbocycles. The fourth-order valence-corrected chi connectivity index (χ4v) is 5.03. The number of fused-ring (bicyclic) bond motifs is 1. The first kappa shape index (κ1) is 24.2. The number of halogens is 2. The predicted octanol–water partition coefficient (Wildman–Crippen LogP) is 1.16. The first-order valence-corrected chi connectivity index (χ1v) is 11.4. The van der Waals surface area contributed by atoms with Crippen molar-refractivity contribution in [2.24, 2.45) is 11.0 Å². The molecule has 3 aliphatic rings. The Morgan fingerprint density at radius 1 is 1.12 bits per heavy atom. The Hall–Kier alpha value is -1.95. The highest BCUT2D eigenvalue weighted by Gasteiger charge is 2.50. The van der Waals surface area contributed by atoms with Gasteiger partial charge in [-0.3, -0.25) is 5.01 Å². The standard InChI is InChI=1S/C21H24Cl2N2O8/c22-10-6-5-9(12(23)7-10)8-25-13-4-2-1-3-11(13)14(24-25)20(31)33-21-17(28)15(26)16(27)18(32-21)19(29)30/h5-7,11,13,15-18,21,26-28H,1-4,8H2,(H,29,30)/t11?,13?,15-,16-,17+,18-,21?/m0/s1. The lowest BCUT2D eigenvalue weighted by molar-refractivity contribution is -0.284. The Morgan fingerprint density at radius 2 is 1.85 bits per heavy atom. The van der Waals surface area contributed by atoms with Crippen molar-refractivity contribution in [3.8, 4) is 0 Å². The summed E-state index contributed by atoms with van der Waals surface area (Å²) >= 11 is 12.3. The van der Waals surface area contributed by atoms with E-state index in [2.05, 4.69) is 5.10 Å². The number of carboxylic acid groups (broad SMARTS) is 1. The number of ether oxygens (including phenoxy) is 2. The van der Waals surface area contributed by atoms with Crippen molar-refractivity contribution in [3.63, 3.8) is 0 Å². The first-order valence-electron chi connectivity index (χ1n) is 10.6. The van der Waals surface area contributed by atoms with E-state index in [1.54, 1.807) is 23.2 Å². The van der Waals surface area contributed by atoms with Gasteiger partial charge in [-0.05, 0) is 30.5 Å². The number of aliphatic carboxylic acids is 1. The van der Waals surface area contributed by atoms with Crippen molar-refractivity contribution in [3.05, 3.63) is 33.8 Å². The minimum absolute atomic E-state index is 0.0515. The van der Waals surface area contributed by atoms with Gasteiger partial charge in [0.25, 0.3) is 0 Å². The molecule has 0 bridgehead atoms. The summed E-state index contributed by atoms with van der Waals surface area (Å²) in [4.78, 5) is 24.3. The van der Waals surface area contributed by atoms with E-state index < -0.39 is 42.6 Å². The second-order valence-corrected chi connectivity index (χ2v) is 9.26. The zero-order valence-electron chi connectivity index (χ0n) is 17.4. The maximum atomic E-state index is 13.0. The third-order valence-electron chi connectivity index (χ3n) is 6.29. The molecule has 10 nitrogen and oxygen atoms in total. The van der Waals surface area contributed by atoms with Crippen LogP contribution >= 0.6 is 23.2 Å². The molecule has 7 atom stereocenters. The molecule has 2 aliphatic heterocycles. The molecule has 2 fully saturated rings. The summed E-state index contributed by atoms with van der Waals surface area (Å²) in [6.45, 7) is 0.350. The summed E-state index contributed by atoms with van der Waals surface area (Å²) in [6.07, 6.45) is -5.82. The Kier molecular flexibility index (Phi) is 7.13. The highest BCUT2D eigenvalue weighted by molar-refractivity contribution is 6.38. The zero-order valence-corrected chi connectivity index (χ0v) is 18.9. The van der Waals surface area contributed by atoms with Crippen LogP contribution in [0.15, 0.2) is 23.3 Å². The number of rotatable bonds is 5. The fraction of sp³-hybridized carbons (Fsp3) is 0.571. The third kappa shape index (κ3) is 4.82. The van der Waals surface area contributed by atoms with E-state index in [-0.39, 0.29) is 17.7 Å². The molecule has 4 rings (SSSR count). The molecule has 12 heteroatoms. The van der Waals surface area contributed by atoms with Crippen LogP contribution in [0.1, 0.15) is 31.2 Å². The van der Waals surface area contributed by atoms with Crippen LogP contribution in [0, 0.1) is 5.92 Å². The number of aliphatic hydroxyl groups excluding tert-OH is 3. The molecule has 1 saturated heterocycles. The van der Waals surface area contributed by atoms with Gasteiger partial charge >= 0.3 is 11.9 Å². The van der Waals surface area contributed by atoms with Gasteiger partial charge in [-0.25, -0.2) is 9.59 Å². The van der Waals surface area contributed by atoms with E-state index in [0.29, 0.717) is 23.0 Å². The SMILES string of the molecule is O=C(OC1O[C@H](C(=O)O)[C@@H](O)[C@H](O)[C@H]1O)C1=NN(Cc2ccc(Cl)cc2Cl)C2CCCCC12. The van der Waals surface area contributed by atoms with Crippen molar-refractivity contribution in [2.75, 3.05) is 0 Å². The van der Waals surface area contributed by atoms with E-state index in [0.717, 1.165) is 24.8 Å². The largest absolute Gasteiger partial charge is 0.479 e. The van der Waals surface area contributed by atoms with Crippen molar-refractivity contribution in [2.45, 2.75) is 69.0 Å². The Balaban J connectivity index is 1.53. The van der Waals surface area contributed by atoms with Gasteiger partial charge in [-0.1, -0.05) is 42.1 Å². The van der Waals surface area contributed by atoms with Crippen molar-refractivity contribution in [1.82, 2.24) is 5.01 Å². The summed E-state index contributed by atoms with van der Waals surface area (Å²) in [5.41, 5.74) is 0.921. The quantitative estimate of drug-likeness (QED) is 0.434. The van der Waals surface area contributed by atoms with E-state index in [4.69, 9.17) is 32.7 Å². The van der Waals surface area contributed by atoms with Gasteiger partial charge in [0.05, 0.1) is 12.6 Å². The number of hydrogen-bond acceptors (Lipinski definition) is 9. The molecule has 0 amide bonds. The lowest BCUT2D eigenvalue weighted by atomic mass is 9.82. The van der Waals surface area contributed by atoms with Crippen molar-refractivity contribution in [1.29, 1.82) is 0 Å². The summed E-state index contributed by atoms with van der Waals surface area (Å²) in [5.74, 6) is -2.66. The minimum Gasteiger partial charge on any atom is -0.479 e. The molecule has 180 valence electrons. The Labute approximate surface area is 199 Å². The zero-order chi connectivity index (χ0) is 23.9. The van der Waals surface area contributed by atoms with Crippen molar-refractivity contribution < 1.29 is 39.5 Å². The summed E-state index contributed by atoms with van der Waals surface area (Å²) in [7, 11) is 0. The lowest BCUT2D eigenvalue weighted by Gasteiger charge is -2.38. The maximum Gasteiger partial charge on any atom is 0.357 e. The summed E-state index contributed by atoms with van der Waals surface area (Å²) in [6, 6.07) is 5.09. The molecule has 4 N–H and O–H groups in total. The normalized spacial score (nSPS) is 33.9. The van der Waals surface area contributed by atoms with Crippen LogP contribution in [0.2, 0.25) is 10.0 Å². The smallest absolute Gasteiger partial charge is 0.357 e.